The minimum Gasteiger partial charge on any atom is -0.481 e. The zero-order valence-corrected chi connectivity index (χ0v) is 24.3. The predicted octanol–water partition coefficient (Wildman–Crippen LogP) is 4.71. The van der Waals surface area contributed by atoms with Crippen molar-refractivity contribution in [2.45, 2.75) is 108 Å². The maximum absolute atomic E-state index is 15.8. The van der Waals surface area contributed by atoms with E-state index in [0.717, 1.165) is 0 Å². The van der Waals surface area contributed by atoms with E-state index in [9.17, 15) is 29.5 Å². The van der Waals surface area contributed by atoms with Gasteiger partial charge < -0.3 is 19.7 Å². The number of alkyl halides is 1. The van der Waals surface area contributed by atoms with E-state index in [4.69, 9.17) is 9.47 Å². The maximum atomic E-state index is 15.8. The number of fused-ring (bicyclic) bond motifs is 7. The zero-order chi connectivity index (χ0) is 29.5. The van der Waals surface area contributed by atoms with Crippen molar-refractivity contribution in [1.82, 2.24) is 0 Å². The van der Waals surface area contributed by atoms with Crippen LogP contribution in [0.5, 0.6) is 0 Å². The highest BCUT2D eigenvalue weighted by atomic mass is 32.2. The van der Waals surface area contributed by atoms with Crippen molar-refractivity contribution < 1.29 is 38.5 Å². The number of ketones is 2. The first-order valence-electron chi connectivity index (χ1n) is 13.9. The Bertz CT molecular complexity index is 1200. The standard InChI is InChI=1S/C29H38FNO8S/c1-25(2)38-22-12-17-16-11-19(30)18-10-15(32)6-9-27(18,4)24(16)20(33)13-28(17,5)29(22,39-25)21(34)7-8-26(3,40-31-37)14-23(35)36/h6,9-10,16-17,19-20,22,24,33H,7-8,11-14H2,1-5H3,(H,35,36)/t16-,17-,19-,20-,22?,24+,26?,27-,28-,29+/m0/s1. The maximum Gasteiger partial charge on any atom is 0.304 e. The average Bonchev–Trinajstić information content (AvgIpc) is 3.24. The summed E-state index contributed by atoms with van der Waals surface area (Å²) in [6.07, 6.45) is 2.12. The molecule has 5 aliphatic rings. The summed E-state index contributed by atoms with van der Waals surface area (Å²) in [6.45, 7) is 8.88. The third-order valence-electron chi connectivity index (χ3n) is 10.5. The van der Waals surface area contributed by atoms with E-state index in [0.29, 0.717) is 23.9 Å². The van der Waals surface area contributed by atoms with Crippen LogP contribution >= 0.6 is 11.9 Å². The molecule has 1 heterocycles. The van der Waals surface area contributed by atoms with Gasteiger partial charge in [0.15, 0.2) is 23.0 Å². The molecule has 10 atom stereocenters. The number of hydrogen-bond acceptors (Lipinski definition) is 9. The number of aliphatic hydroxyl groups is 1. The van der Waals surface area contributed by atoms with Crippen LogP contribution < -0.4 is 0 Å². The summed E-state index contributed by atoms with van der Waals surface area (Å²) in [7, 11) is 0. The number of nitroso groups, excluding NO2 is 1. The highest BCUT2D eigenvalue weighted by Crippen LogP contribution is 2.70. The third-order valence-corrected chi connectivity index (χ3v) is 11.4. The average molecular weight is 580 g/mol. The van der Waals surface area contributed by atoms with Gasteiger partial charge in [-0.1, -0.05) is 19.9 Å². The number of ether oxygens (including phenoxy) is 2. The quantitative estimate of drug-likeness (QED) is 0.309. The van der Waals surface area contributed by atoms with E-state index >= 15 is 4.39 Å². The number of carboxylic acids is 1. The minimum absolute atomic E-state index is 0.0735. The molecule has 4 fully saturated rings. The Morgan fingerprint density at radius 2 is 1.95 bits per heavy atom. The van der Waals surface area contributed by atoms with Gasteiger partial charge in [0.2, 0.25) is 0 Å². The van der Waals surface area contributed by atoms with Crippen molar-refractivity contribution in [2.75, 3.05) is 0 Å². The number of rotatable bonds is 8. The van der Waals surface area contributed by atoms with Crippen molar-refractivity contribution in [3.63, 3.8) is 0 Å². The van der Waals surface area contributed by atoms with Gasteiger partial charge in [0.05, 0.1) is 18.6 Å². The van der Waals surface area contributed by atoms with Gasteiger partial charge in [-0.25, -0.2) is 4.39 Å². The molecule has 3 saturated carbocycles. The zero-order valence-electron chi connectivity index (χ0n) is 23.5. The van der Waals surface area contributed by atoms with Crippen LogP contribution in [0, 0.1) is 33.5 Å². The Hall–Kier alpha value is -1.95. The van der Waals surface area contributed by atoms with E-state index in [2.05, 4.69) is 4.58 Å². The summed E-state index contributed by atoms with van der Waals surface area (Å²) >= 11 is 0.609. The van der Waals surface area contributed by atoms with Gasteiger partial charge in [-0.05, 0) is 76.0 Å². The van der Waals surface area contributed by atoms with Crippen molar-refractivity contribution >= 4 is 29.5 Å². The molecule has 220 valence electrons. The number of carboxylic acid groups (broad SMARTS) is 1. The van der Waals surface area contributed by atoms with Crippen LogP contribution in [0.25, 0.3) is 0 Å². The number of halogens is 1. The molecule has 0 bridgehead atoms. The first-order chi connectivity index (χ1) is 18.5. The Kier molecular flexibility index (Phi) is 7.04. The van der Waals surface area contributed by atoms with Crippen molar-refractivity contribution in [3.8, 4) is 0 Å². The second-order valence-electron chi connectivity index (χ2n) is 13.5. The van der Waals surface area contributed by atoms with Crippen LogP contribution in [0.3, 0.4) is 0 Å². The Balaban J connectivity index is 1.51. The van der Waals surface area contributed by atoms with Crippen molar-refractivity contribution in [3.05, 3.63) is 28.7 Å². The number of allylic oxidation sites excluding steroid dienone is 4. The minimum atomic E-state index is -1.43. The molecule has 0 aromatic rings. The Morgan fingerprint density at radius 1 is 1.25 bits per heavy atom. The van der Waals surface area contributed by atoms with Gasteiger partial charge in [-0.3, -0.25) is 14.4 Å². The Labute approximate surface area is 237 Å². The predicted molar refractivity (Wildman–Crippen MR) is 145 cm³/mol. The van der Waals surface area contributed by atoms with Crippen LogP contribution in [0.1, 0.15) is 73.1 Å². The summed E-state index contributed by atoms with van der Waals surface area (Å²) < 4.78 is 30.4. The molecule has 0 aromatic heterocycles. The second kappa shape index (κ2) is 9.54. The van der Waals surface area contributed by atoms with Gasteiger partial charge in [-0.2, -0.15) is 0 Å². The van der Waals surface area contributed by atoms with E-state index < -0.39 is 51.3 Å². The summed E-state index contributed by atoms with van der Waals surface area (Å²) in [6, 6.07) is 0. The fourth-order valence-electron chi connectivity index (χ4n) is 9.07. The van der Waals surface area contributed by atoms with Gasteiger partial charge in [0.1, 0.15) is 6.17 Å². The molecular formula is C29H38FNO8S. The summed E-state index contributed by atoms with van der Waals surface area (Å²) in [5, 5.41) is 21.1. The van der Waals surface area contributed by atoms with Crippen LogP contribution in [-0.2, 0) is 23.9 Å². The molecular weight excluding hydrogens is 541 g/mol. The van der Waals surface area contributed by atoms with Crippen LogP contribution in [0.4, 0.5) is 4.39 Å². The topological polar surface area (TPSA) is 140 Å². The molecule has 11 heteroatoms. The van der Waals surface area contributed by atoms with Crippen molar-refractivity contribution in [2.24, 2.45) is 33.2 Å². The first-order valence-corrected chi connectivity index (χ1v) is 14.7. The molecule has 2 N–H and O–H groups in total. The lowest BCUT2D eigenvalue weighted by Crippen LogP contribution is -2.64. The first kappa shape index (κ1) is 29.5. The molecule has 1 aliphatic heterocycles. The fourth-order valence-corrected chi connectivity index (χ4v) is 9.63. The van der Waals surface area contributed by atoms with Crippen LogP contribution in [0.2, 0.25) is 0 Å². The second-order valence-corrected chi connectivity index (χ2v) is 14.8. The number of aliphatic hydroxyl groups excluding tert-OH is 1. The molecule has 0 amide bonds. The summed E-state index contributed by atoms with van der Waals surface area (Å²) in [5.41, 5.74) is -2.75. The monoisotopic (exact) mass is 579 g/mol. The lowest BCUT2D eigenvalue weighted by atomic mass is 9.45. The largest absolute Gasteiger partial charge is 0.481 e. The highest BCUT2D eigenvalue weighted by molar-refractivity contribution is 7.99. The molecule has 40 heavy (non-hydrogen) atoms. The number of carbonyl (C=O) groups is 3. The van der Waals surface area contributed by atoms with Crippen LogP contribution in [-0.4, -0.2) is 62.3 Å². The van der Waals surface area contributed by atoms with E-state index in [1.807, 2.05) is 13.8 Å². The molecule has 1 saturated heterocycles. The molecule has 0 aromatic carbocycles. The molecule has 0 radical (unpaired) electrons. The summed E-state index contributed by atoms with van der Waals surface area (Å²) in [4.78, 5) is 48.9. The molecule has 5 rings (SSSR count). The van der Waals surface area contributed by atoms with Crippen molar-refractivity contribution in [1.29, 1.82) is 0 Å². The number of nitrogens with zero attached hydrogens (tertiary/aromatic N) is 1. The van der Waals surface area contributed by atoms with E-state index in [-0.39, 0.29) is 61.4 Å². The fraction of sp³-hybridized carbons (Fsp3) is 0.759. The van der Waals surface area contributed by atoms with E-state index in [1.165, 1.54) is 12.2 Å². The lowest BCUT2D eigenvalue weighted by Gasteiger charge is -2.60. The SMILES string of the molecule is CC1(C)OC2C[C@H]3[C@@H]4C[C@H](F)C5=CC(=O)C=C[C@]5(C)[C@H]4[C@@H](O)C[C@]3(C)[C@]2(C(=O)CCC(C)(CC(=O)O)SN=O)O1. The lowest BCUT2D eigenvalue weighted by molar-refractivity contribution is -0.226. The molecule has 4 aliphatic carbocycles. The number of carbonyl (C=O) groups excluding carboxylic acids is 2. The van der Waals surface area contributed by atoms with Gasteiger partial charge in [0, 0.05) is 44.4 Å². The van der Waals surface area contributed by atoms with Gasteiger partial charge >= 0.3 is 5.97 Å². The normalized spacial score (nSPS) is 44.5. The molecule has 0 spiro atoms. The number of Topliss-reactive ketones (excluding diaryl/α,β-unsaturated/α-hetero) is 1. The summed E-state index contributed by atoms with van der Waals surface area (Å²) in [5.74, 6) is -3.55. The molecule has 9 nitrogen and oxygen atoms in total. The smallest absolute Gasteiger partial charge is 0.304 e. The van der Waals surface area contributed by atoms with E-state index in [1.54, 1.807) is 26.8 Å². The van der Waals surface area contributed by atoms with Gasteiger partial charge in [0.25, 0.3) is 0 Å². The number of aliphatic carboxylic acids is 1. The Morgan fingerprint density at radius 3 is 2.60 bits per heavy atom. The third kappa shape index (κ3) is 4.25. The van der Waals surface area contributed by atoms with Gasteiger partial charge in [-0.15, -0.1) is 4.91 Å². The number of hydrogen-bond donors (Lipinski definition) is 2. The molecule has 2 unspecified atom stereocenters. The highest BCUT2D eigenvalue weighted by Gasteiger charge is 2.77. The van der Waals surface area contributed by atoms with Crippen LogP contribution in [0.15, 0.2) is 28.4 Å².